The monoisotopic (exact) mass is 250 g/mol. The summed E-state index contributed by atoms with van der Waals surface area (Å²) in [5, 5.41) is 8.65. The lowest BCUT2D eigenvalue weighted by molar-refractivity contribution is -0.145. The molecule has 2 atom stereocenters. The first-order valence-electron chi connectivity index (χ1n) is 5.70. The van der Waals surface area contributed by atoms with Gasteiger partial charge in [-0.2, -0.15) is 0 Å². The zero-order valence-electron chi connectivity index (χ0n) is 10.5. The highest BCUT2D eigenvalue weighted by atomic mass is 16.4. The highest BCUT2D eigenvalue weighted by Crippen LogP contribution is 2.20. The lowest BCUT2D eigenvalue weighted by Gasteiger charge is -2.24. The Labute approximate surface area is 106 Å². The van der Waals surface area contributed by atoms with E-state index in [1.807, 2.05) is 30.3 Å². The third-order valence-electron chi connectivity index (χ3n) is 2.86. The van der Waals surface area contributed by atoms with E-state index < -0.39 is 17.9 Å². The molecule has 0 fully saturated rings. The molecule has 1 aromatic carbocycles. The fourth-order valence-electron chi connectivity index (χ4n) is 1.75. The Balaban J connectivity index is 2.72. The summed E-state index contributed by atoms with van der Waals surface area (Å²) < 4.78 is 0. The van der Waals surface area contributed by atoms with E-state index in [0.29, 0.717) is 0 Å². The molecular formula is C13H18N2O3. The Kier molecular flexibility index (Phi) is 4.85. The molecule has 0 spiro atoms. The molecule has 1 amide bonds. The summed E-state index contributed by atoms with van der Waals surface area (Å²) in [5.74, 6) is -1.77. The minimum Gasteiger partial charge on any atom is -0.480 e. The Morgan fingerprint density at radius 3 is 2.39 bits per heavy atom. The first-order chi connectivity index (χ1) is 8.43. The van der Waals surface area contributed by atoms with Crippen molar-refractivity contribution in [2.75, 3.05) is 13.6 Å². The lowest BCUT2D eigenvalue weighted by atomic mass is 9.94. The Hall–Kier alpha value is -1.88. The standard InChI is InChI=1S/C13H18N2O3/c1-9(13(18)15(2)8-11(16)17)12(14)10-6-4-3-5-7-10/h3-7,9,12H,8,14H2,1-2H3,(H,16,17). The zero-order valence-corrected chi connectivity index (χ0v) is 10.5. The van der Waals surface area contributed by atoms with E-state index in [9.17, 15) is 9.59 Å². The SMILES string of the molecule is CC(C(=O)N(C)CC(=O)O)C(N)c1ccccc1. The maximum absolute atomic E-state index is 12.0. The van der Waals surface area contributed by atoms with E-state index in [-0.39, 0.29) is 12.5 Å². The second-order valence-electron chi connectivity index (χ2n) is 4.31. The quantitative estimate of drug-likeness (QED) is 0.812. The first kappa shape index (κ1) is 14.2. The summed E-state index contributed by atoms with van der Waals surface area (Å²) in [7, 11) is 1.46. The summed E-state index contributed by atoms with van der Waals surface area (Å²) >= 11 is 0. The molecule has 0 bridgehead atoms. The van der Waals surface area contributed by atoms with Gasteiger partial charge in [0.15, 0.2) is 0 Å². The van der Waals surface area contributed by atoms with E-state index >= 15 is 0 Å². The van der Waals surface area contributed by atoms with Gasteiger partial charge in [0.05, 0.1) is 5.92 Å². The van der Waals surface area contributed by atoms with Crippen molar-refractivity contribution in [3.63, 3.8) is 0 Å². The van der Waals surface area contributed by atoms with Crippen LogP contribution in [0.5, 0.6) is 0 Å². The molecule has 1 aromatic rings. The van der Waals surface area contributed by atoms with Crippen LogP contribution in [0.3, 0.4) is 0 Å². The predicted octanol–water partition coefficient (Wildman–Crippen LogP) is 0.866. The molecule has 0 aliphatic rings. The summed E-state index contributed by atoms with van der Waals surface area (Å²) in [6.07, 6.45) is 0. The number of nitrogens with zero attached hydrogens (tertiary/aromatic N) is 1. The molecule has 5 heteroatoms. The molecule has 3 N–H and O–H groups in total. The molecule has 0 radical (unpaired) electrons. The van der Waals surface area contributed by atoms with Gasteiger partial charge in [0.2, 0.25) is 5.91 Å². The number of hydrogen-bond acceptors (Lipinski definition) is 3. The van der Waals surface area contributed by atoms with Gasteiger partial charge < -0.3 is 15.7 Å². The van der Waals surface area contributed by atoms with Crippen LogP contribution in [0.2, 0.25) is 0 Å². The third-order valence-corrected chi connectivity index (χ3v) is 2.86. The first-order valence-corrected chi connectivity index (χ1v) is 5.70. The lowest BCUT2D eigenvalue weighted by Crippen LogP contribution is -2.39. The van der Waals surface area contributed by atoms with E-state index in [0.717, 1.165) is 5.56 Å². The molecule has 98 valence electrons. The molecule has 0 aliphatic heterocycles. The van der Waals surface area contributed by atoms with Crippen molar-refractivity contribution in [1.82, 2.24) is 4.90 Å². The molecule has 0 heterocycles. The molecule has 2 unspecified atom stereocenters. The number of benzene rings is 1. The second kappa shape index (κ2) is 6.16. The molecule has 5 nitrogen and oxygen atoms in total. The molecule has 1 rings (SSSR count). The smallest absolute Gasteiger partial charge is 0.323 e. The Bertz CT molecular complexity index is 420. The van der Waals surface area contributed by atoms with Crippen molar-refractivity contribution in [3.8, 4) is 0 Å². The largest absolute Gasteiger partial charge is 0.480 e. The summed E-state index contributed by atoms with van der Waals surface area (Å²) in [6.45, 7) is 1.39. The van der Waals surface area contributed by atoms with E-state index in [1.54, 1.807) is 6.92 Å². The number of carbonyl (C=O) groups is 2. The summed E-state index contributed by atoms with van der Waals surface area (Å²) in [6, 6.07) is 8.85. The van der Waals surface area contributed by atoms with Crippen molar-refractivity contribution in [2.45, 2.75) is 13.0 Å². The number of amides is 1. The van der Waals surface area contributed by atoms with Crippen molar-refractivity contribution >= 4 is 11.9 Å². The van der Waals surface area contributed by atoms with Crippen LogP contribution in [0.25, 0.3) is 0 Å². The number of nitrogens with two attached hydrogens (primary N) is 1. The van der Waals surface area contributed by atoms with Crippen LogP contribution in [0.4, 0.5) is 0 Å². The molecule has 0 saturated heterocycles. The number of carbonyl (C=O) groups excluding carboxylic acids is 1. The Morgan fingerprint density at radius 1 is 1.33 bits per heavy atom. The van der Waals surface area contributed by atoms with Gasteiger partial charge in [-0.05, 0) is 5.56 Å². The third kappa shape index (κ3) is 3.56. The minimum absolute atomic E-state index is 0.270. The normalized spacial score (nSPS) is 13.7. The maximum Gasteiger partial charge on any atom is 0.323 e. The van der Waals surface area contributed by atoms with Crippen LogP contribution in [0, 0.1) is 5.92 Å². The van der Waals surface area contributed by atoms with Crippen LogP contribution in [-0.2, 0) is 9.59 Å². The fourth-order valence-corrected chi connectivity index (χ4v) is 1.75. The number of aliphatic carboxylic acids is 1. The number of carboxylic acid groups (broad SMARTS) is 1. The minimum atomic E-state index is -1.04. The average Bonchev–Trinajstić information content (AvgIpc) is 2.36. The number of rotatable bonds is 5. The van der Waals surface area contributed by atoms with Crippen molar-refractivity contribution in [3.05, 3.63) is 35.9 Å². The summed E-state index contributed by atoms with van der Waals surface area (Å²) in [5.41, 5.74) is 6.88. The van der Waals surface area contributed by atoms with Gasteiger partial charge >= 0.3 is 5.97 Å². The molecule has 0 saturated carbocycles. The van der Waals surface area contributed by atoms with Gasteiger partial charge in [-0.15, -0.1) is 0 Å². The average molecular weight is 250 g/mol. The van der Waals surface area contributed by atoms with Gasteiger partial charge in [0.1, 0.15) is 6.54 Å². The van der Waals surface area contributed by atoms with Crippen LogP contribution in [0.1, 0.15) is 18.5 Å². The van der Waals surface area contributed by atoms with E-state index in [1.165, 1.54) is 11.9 Å². The second-order valence-corrected chi connectivity index (χ2v) is 4.31. The molecular weight excluding hydrogens is 232 g/mol. The number of carboxylic acids is 1. The topological polar surface area (TPSA) is 83.6 Å². The van der Waals surface area contributed by atoms with Gasteiger partial charge in [-0.25, -0.2) is 0 Å². The summed E-state index contributed by atoms with van der Waals surface area (Å²) in [4.78, 5) is 23.7. The Morgan fingerprint density at radius 2 is 1.89 bits per heavy atom. The molecule has 0 aliphatic carbocycles. The van der Waals surface area contributed by atoms with E-state index in [4.69, 9.17) is 10.8 Å². The van der Waals surface area contributed by atoms with Crippen LogP contribution in [-0.4, -0.2) is 35.5 Å². The highest BCUT2D eigenvalue weighted by Gasteiger charge is 2.25. The van der Waals surface area contributed by atoms with Crippen LogP contribution in [0.15, 0.2) is 30.3 Å². The van der Waals surface area contributed by atoms with Gasteiger partial charge in [0.25, 0.3) is 0 Å². The zero-order chi connectivity index (χ0) is 13.7. The highest BCUT2D eigenvalue weighted by molar-refractivity contribution is 5.83. The number of hydrogen-bond donors (Lipinski definition) is 2. The van der Waals surface area contributed by atoms with Crippen molar-refractivity contribution in [1.29, 1.82) is 0 Å². The van der Waals surface area contributed by atoms with E-state index in [2.05, 4.69) is 0 Å². The van der Waals surface area contributed by atoms with Crippen LogP contribution >= 0.6 is 0 Å². The molecule has 0 aromatic heterocycles. The van der Waals surface area contributed by atoms with Crippen molar-refractivity contribution in [2.24, 2.45) is 11.7 Å². The maximum atomic E-state index is 12.0. The van der Waals surface area contributed by atoms with Gasteiger partial charge in [-0.3, -0.25) is 9.59 Å². The van der Waals surface area contributed by atoms with Gasteiger partial charge in [0, 0.05) is 13.1 Å². The molecule has 18 heavy (non-hydrogen) atoms. The predicted molar refractivity (Wildman–Crippen MR) is 67.8 cm³/mol. The van der Waals surface area contributed by atoms with Crippen LogP contribution < -0.4 is 5.73 Å². The van der Waals surface area contributed by atoms with Gasteiger partial charge in [-0.1, -0.05) is 37.3 Å². The fraction of sp³-hybridized carbons (Fsp3) is 0.385. The number of likely N-dealkylation sites (N-methyl/N-ethyl adjacent to an activating group) is 1. The van der Waals surface area contributed by atoms with Crippen molar-refractivity contribution < 1.29 is 14.7 Å².